The zero-order valence-electron chi connectivity index (χ0n) is 8.16. The van der Waals surface area contributed by atoms with Crippen molar-refractivity contribution in [3.63, 3.8) is 0 Å². The molecule has 4 nitrogen and oxygen atoms in total. The van der Waals surface area contributed by atoms with Gasteiger partial charge in [0.05, 0.1) is 12.8 Å². The highest BCUT2D eigenvalue weighted by molar-refractivity contribution is 5.99. The molecule has 0 saturated heterocycles. The number of esters is 1. The van der Waals surface area contributed by atoms with Crippen LogP contribution in [0.25, 0.3) is 0 Å². The lowest BCUT2D eigenvalue weighted by Crippen LogP contribution is -2.17. The van der Waals surface area contributed by atoms with E-state index in [1.54, 1.807) is 0 Å². The number of aromatic nitrogens is 1. The Kier molecular flexibility index (Phi) is 3.18. The summed E-state index contributed by atoms with van der Waals surface area (Å²) >= 11 is 0. The summed E-state index contributed by atoms with van der Waals surface area (Å²) in [5.41, 5.74) is -0.160. The van der Waals surface area contributed by atoms with Crippen molar-refractivity contribution in [1.82, 2.24) is 4.57 Å². The first kappa shape index (κ1) is 11.4. The Morgan fingerprint density at radius 3 is 2.33 bits per heavy atom. The number of alkyl halides is 2. The van der Waals surface area contributed by atoms with Gasteiger partial charge in [0.15, 0.2) is 0 Å². The molecule has 0 bridgehead atoms. The first-order valence-corrected chi connectivity index (χ1v) is 4.05. The minimum Gasteiger partial charge on any atom is -0.464 e. The lowest BCUT2D eigenvalue weighted by molar-refractivity contribution is 0.0588. The Bertz CT molecular complexity index is 398. The zero-order chi connectivity index (χ0) is 11.6. The highest BCUT2D eigenvalue weighted by Crippen LogP contribution is 2.12. The van der Waals surface area contributed by atoms with Crippen molar-refractivity contribution >= 4 is 11.8 Å². The maximum absolute atomic E-state index is 12.1. The van der Waals surface area contributed by atoms with Crippen molar-refractivity contribution in [2.24, 2.45) is 7.05 Å². The molecule has 0 spiro atoms. The second kappa shape index (κ2) is 4.20. The minimum absolute atomic E-state index is 0.0569. The van der Waals surface area contributed by atoms with E-state index in [9.17, 15) is 18.4 Å². The Morgan fingerprint density at radius 2 is 1.87 bits per heavy atom. The fourth-order valence-corrected chi connectivity index (χ4v) is 1.18. The van der Waals surface area contributed by atoms with Crippen LogP contribution in [0.3, 0.4) is 0 Å². The highest BCUT2D eigenvalue weighted by Gasteiger charge is 2.23. The number of carbonyl (C=O) groups excluding carboxylic acids is 2. The van der Waals surface area contributed by atoms with E-state index >= 15 is 0 Å². The molecule has 15 heavy (non-hydrogen) atoms. The number of methoxy groups -OCH3 is 1. The Hall–Kier alpha value is -1.72. The summed E-state index contributed by atoms with van der Waals surface area (Å²) in [6.45, 7) is 0. The zero-order valence-corrected chi connectivity index (χ0v) is 8.16. The van der Waals surface area contributed by atoms with Crippen molar-refractivity contribution < 1.29 is 23.1 Å². The van der Waals surface area contributed by atoms with Gasteiger partial charge in [-0.25, -0.2) is 13.6 Å². The number of rotatable bonds is 3. The number of hydrogen-bond acceptors (Lipinski definition) is 3. The fraction of sp³-hybridized carbons (Fsp3) is 0.333. The van der Waals surface area contributed by atoms with E-state index in [0.717, 1.165) is 4.57 Å². The summed E-state index contributed by atoms with van der Waals surface area (Å²) in [4.78, 5) is 22.1. The lowest BCUT2D eigenvalue weighted by atomic mass is 10.3. The molecule has 0 saturated carbocycles. The number of hydrogen-bond donors (Lipinski definition) is 0. The van der Waals surface area contributed by atoms with Crippen molar-refractivity contribution in [2.45, 2.75) is 6.43 Å². The first-order chi connectivity index (χ1) is 6.99. The van der Waals surface area contributed by atoms with E-state index < -0.39 is 18.2 Å². The number of ketones is 1. The molecule has 0 radical (unpaired) electrons. The smallest absolute Gasteiger partial charge is 0.354 e. The first-order valence-electron chi connectivity index (χ1n) is 4.05. The molecule has 1 aromatic rings. The van der Waals surface area contributed by atoms with E-state index in [1.807, 2.05) is 0 Å². The normalized spacial score (nSPS) is 10.5. The van der Waals surface area contributed by atoms with Gasteiger partial charge >= 0.3 is 12.4 Å². The van der Waals surface area contributed by atoms with Gasteiger partial charge in [0, 0.05) is 7.05 Å². The van der Waals surface area contributed by atoms with Gasteiger partial charge in [-0.2, -0.15) is 0 Å². The quantitative estimate of drug-likeness (QED) is 0.565. The number of Topliss-reactive ketones (excluding diaryl/α,β-unsaturated/α-hetero) is 1. The second-order valence-corrected chi connectivity index (χ2v) is 2.82. The average molecular weight is 217 g/mol. The van der Waals surface area contributed by atoms with Gasteiger partial charge in [-0.3, -0.25) is 4.79 Å². The van der Waals surface area contributed by atoms with Crippen LogP contribution in [0.4, 0.5) is 8.78 Å². The third kappa shape index (κ3) is 2.03. The van der Waals surface area contributed by atoms with Crippen LogP contribution in [-0.4, -0.2) is 29.9 Å². The van der Waals surface area contributed by atoms with Crippen molar-refractivity contribution in [2.75, 3.05) is 7.11 Å². The van der Waals surface area contributed by atoms with Crippen LogP contribution in [-0.2, 0) is 11.8 Å². The third-order valence-electron chi connectivity index (χ3n) is 1.97. The standard InChI is InChI=1S/C9H9F2NO3/c1-12-5(7(13)8(10)11)3-4-6(12)9(14)15-2/h3-4,8H,1-2H3. The van der Waals surface area contributed by atoms with E-state index in [4.69, 9.17) is 0 Å². The Balaban J connectivity index is 3.09. The van der Waals surface area contributed by atoms with Crippen LogP contribution in [0.1, 0.15) is 21.0 Å². The molecule has 0 fully saturated rings. The molecule has 1 aromatic heterocycles. The summed E-state index contributed by atoms with van der Waals surface area (Å²) in [6.07, 6.45) is -3.08. The molecule has 0 aliphatic carbocycles. The van der Waals surface area contributed by atoms with E-state index in [1.165, 1.54) is 26.3 Å². The van der Waals surface area contributed by atoms with Gasteiger partial charge in [0.25, 0.3) is 0 Å². The third-order valence-corrected chi connectivity index (χ3v) is 1.97. The molecule has 1 heterocycles. The average Bonchev–Trinajstić information content (AvgIpc) is 2.57. The lowest BCUT2D eigenvalue weighted by Gasteiger charge is -2.04. The van der Waals surface area contributed by atoms with Gasteiger partial charge < -0.3 is 9.30 Å². The molecule has 0 aliphatic rings. The molecule has 0 atom stereocenters. The highest BCUT2D eigenvalue weighted by atomic mass is 19.3. The van der Waals surface area contributed by atoms with Crippen LogP contribution in [0, 0.1) is 0 Å². The maximum Gasteiger partial charge on any atom is 0.354 e. The van der Waals surface area contributed by atoms with Crippen molar-refractivity contribution in [1.29, 1.82) is 0 Å². The molecule has 0 N–H and O–H groups in total. The molecule has 0 amide bonds. The summed E-state index contributed by atoms with van der Waals surface area (Å²) in [6, 6.07) is 2.43. The summed E-state index contributed by atoms with van der Waals surface area (Å²) in [5.74, 6) is -1.99. The molecule has 6 heteroatoms. The predicted molar refractivity (Wildman–Crippen MR) is 47.1 cm³/mol. The van der Waals surface area contributed by atoms with E-state index in [2.05, 4.69) is 4.74 Å². The van der Waals surface area contributed by atoms with Crippen LogP contribution in [0.5, 0.6) is 0 Å². The maximum atomic E-state index is 12.1. The number of ether oxygens (including phenoxy) is 1. The van der Waals surface area contributed by atoms with E-state index in [0.29, 0.717) is 0 Å². The molecule has 82 valence electrons. The Morgan fingerprint density at radius 1 is 1.33 bits per heavy atom. The minimum atomic E-state index is -3.08. The van der Waals surface area contributed by atoms with Crippen LogP contribution in [0.2, 0.25) is 0 Å². The summed E-state index contributed by atoms with van der Waals surface area (Å²) in [7, 11) is 2.52. The van der Waals surface area contributed by atoms with Gasteiger partial charge in [-0.1, -0.05) is 0 Å². The van der Waals surface area contributed by atoms with Crippen molar-refractivity contribution in [3.8, 4) is 0 Å². The number of halogens is 2. The van der Waals surface area contributed by atoms with Crippen molar-refractivity contribution in [3.05, 3.63) is 23.5 Å². The monoisotopic (exact) mass is 217 g/mol. The molecule has 0 unspecified atom stereocenters. The van der Waals surface area contributed by atoms with Crippen LogP contribution < -0.4 is 0 Å². The fourth-order valence-electron chi connectivity index (χ4n) is 1.18. The number of carbonyl (C=O) groups is 2. The predicted octanol–water partition coefficient (Wildman–Crippen LogP) is 1.26. The SMILES string of the molecule is COC(=O)c1ccc(C(=O)C(F)F)n1C. The van der Waals surface area contributed by atoms with Gasteiger partial charge in [0.2, 0.25) is 5.78 Å². The molecular formula is C9H9F2NO3. The second-order valence-electron chi connectivity index (χ2n) is 2.82. The van der Waals surface area contributed by atoms with Gasteiger partial charge in [-0.15, -0.1) is 0 Å². The van der Waals surface area contributed by atoms with Gasteiger partial charge in [-0.05, 0) is 12.1 Å². The summed E-state index contributed by atoms with van der Waals surface area (Å²) < 4.78 is 29.7. The topological polar surface area (TPSA) is 48.3 Å². The molecule has 0 aromatic carbocycles. The van der Waals surface area contributed by atoms with E-state index in [-0.39, 0.29) is 11.4 Å². The molecular weight excluding hydrogens is 208 g/mol. The molecule has 1 rings (SSSR count). The van der Waals surface area contributed by atoms with Crippen LogP contribution in [0.15, 0.2) is 12.1 Å². The van der Waals surface area contributed by atoms with Crippen LogP contribution >= 0.6 is 0 Å². The largest absolute Gasteiger partial charge is 0.464 e. The van der Waals surface area contributed by atoms with Gasteiger partial charge in [0.1, 0.15) is 5.69 Å². The Labute approximate surface area is 84.4 Å². The number of nitrogens with zero attached hydrogens (tertiary/aromatic N) is 1. The molecule has 0 aliphatic heterocycles. The summed E-state index contributed by atoms with van der Waals surface area (Å²) in [5, 5.41) is 0.